The summed E-state index contributed by atoms with van der Waals surface area (Å²) in [7, 11) is 0. The molecule has 0 spiro atoms. The summed E-state index contributed by atoms with van der Waals surface area (Å²) in [5.74, 6) is 1.52. The number of carbonyl (C=O) groups excluding carboxylic acids is 1. The van der Waals surface area contributed by atoms with Crippen molar-refractivity contribution in [3.8, 4) is 0 Å². The first-order valence-electron chi connectivity index (χ1n) is 6.04. The lowest BCUT2D eigenvalue weighted by Crippen LogP contribution is -2.31. The van der Waals surface area contributed by atoms with Crippen LogP contribution in [0.25, 0.3) is 0 Å². The van der Waals surface area contributed by atoms with E-state index >= 15 is 0 Å². The highest BCUT2D eigenvalue weighted by atomic mass is 35.5. The number of thioether (sulfide) groups is 1. The Morgan fingerprint density at radius 3 is 2.78 bits per heavy atom. The second-order valence-corrected chi connectivity index (χ2v) is 6.73. The molecule has 2 fully saturated rings. The summed E-state index contributed by atoms with van der Waals surface area (Å²) in [5, 5.41) is 1.34. The van der Waals surface area contributed by atoms with Gasteiger partial charge in [0.15, 0.2) is 0 Å². The molecule has 0 unspecified atom stereocenters. The van der Waals surface area contributed by atoms with Crippen LogP contribution in [0.2, 0.25) is 10.0 Å². The van der Waals surface area contributed by atoms with E-state index in [0.29, 0.717) is 10.0 Å². The van der Waals surface area contributed by atoms with Gasteiger partial charge in [0.1, 0.15) is 5.37 Å². The first kappa shape index (κ1) is 12.6. The molecule has 1 heterocycles. The third kappa shape index (κ3) is 2.36. The summed E-state index contributed by atoms with van der Waals surface area (Å²) < 4.78 is 0. The van der Waals surface area contributed by atoms with Crippen LogP contribution in [0.3, 0.4) is 0 Å². The normalized spacial score (nSPS) is 23.4. The lowest BCUT2D eigenvalue weighted by Gasteiger charge is -2.25. The van der Waals surface area contributed by atoms with E-state index in [1.54, 1.807) is 17.8 Å². The number of rotatable bonds is 2. The van der Waals surface area contributed by atoms with Gasteiger partial charge in [-0.15, -0.1) is 11.8 Å². The van der Waals surface area contributed by atoms with Gasteiger partial charge >= 0.3 is 0 Å². The molecule has 5 heteroatoms. The molecule has 1 aromatic carbocycles. The van der Waals surface area contributed by atoms with E-state index in [9.17, 15) is 4.79 Å². The lowest BCUT2D eigenvalue weighted by atomic mass is 10.2. The minimum atomic E-state index is 0.0582. The summed E-state index contributed by atoms with van der Waals surface area (Å²) in [6, 6.07) is 5.51. The van der Waals surface area contributed by atoms with Crippen molar-refractivity contribution in [2.75, 3.05) is 12.3 Å². The average Bonchev–Trinajstić information content (AvgIpc) is 3.07. The Kier molecular flexibility index (Phi) is 3.48. The van der Waals surface area contributed by atoms with E-state index in [0.717, 1.165) is 30.7 Å². The summed E-state index contributed by atoms with van der Waals surface area (Å²) in [6.45, 7) is 0.823. The lowest BCUT2D eigenvalue weighted by molar-refractivity contribution is -0.132. The van der Waals surface area contributed by atoms with Gasteiger partial charge in [-0.2, -0.15) is 0 Å². The molecule has 1 saturated carbocycles. The van der Waals surface area contributed by atoms with Crippen molar-refractivity contribution < 1.29 is 4.79 Å². The molecule has 1 aliphatic carbocycles. The van der Waals surface area contributed by atoms with Crippen LogP contribution in [-0.2, 0) is 4.79 Å². The van der Waals surface area contributed by atoms with E-state index in [1.807, 2.05) is 17.0 Å². The quantitative estimate of drug-likeness (QED) is 0.823. The van der Waals surface area contributed by atoms with Crippen molar-refractivity contribution in [2.45, 2.75) is 18.2 Å². The van der Waals surface area contributed by atoms with Crippen LogP contribution in [0.1, 0.15) is 23.8 Å². The molecule has 2 nitrogen and oxygen atoms in total. The first-order valence-corrected chi connectivity index (χ1v) is 7.84. The standard InChI is InChI=1S/C13H13Cl2NOS/c14-9-3-4-10(11(15)7-9)13-16(5-6-18-13)12(17)8-1-2-8/h3-4,7-8,13H,1-2,5-6H2/t13-/m0/s1. The van der Waals surface area contributed by atoms with Crippen LogP contribution in [-0.4, -0.2) is 23.1 Å². The number of amides is 1. The van der Waals surface area contributed by atoms with Gasteiger partial charge in [-0.05, 0) is 25.0 Å². The number of carbonyl (C=O) groups is 1. The summed E-state index contributed by atoms with van der Waals surface area (Å²) in [4.78, 5) is 14.2. The first-order chi connectivity index (χ1) is 8.66. The largest absolute Gasteiger partial charge is 0.325 e. The van der Waals surface area contributed by atoms with Crippen LogP contribution < -0.4 is 0 Å². The maximum atomic E-state index is 12.2. The second-order valence-electron chi connectivity index (χ2n) is 4.69. The maximum Gasteiger partial charge on any atom is 0.226 e. The third-order valence-electron chi connectivity index (χ3n) is 3.33. The number of hydrogen-bond acceptors (Lipinski definition) is 2. The highest BCUT2D eigenvalue weighted by molar-refractivity contribution is 7.99. The van der Waals surface area contributed by atoms with Gasteiger partial charge in [-0.3, -0.25) is 4.79 Å². The Morgan fingerprint density at radius 2 is 2.11 bits per heavy atom. The summed E-state index contributed by atoms with van der Waals surface area (Å²) in [5.41, 5.74) is 0.998. The molecule has 0 aromatic heterocycles. The Labute approximate surface area is 121 Å². The Bertz CT molecular complexity index is 490. The van der Waals surface area contributed by atoms with Crippen molar-refractivity contribution in [1.82, 2.24) is 4.90 Å². The molecule has 1 saturated heterocycles. The van der Waals surface area contributed by atoms with E-state index in [-0.39, 0.29) is 17.2 Å². The number of benzene rings is 1. The van der Waals surface area contributed by atoms with Crippen molar-refractivity contribution in [3.05, 3.63) is 33.8 Å². The van der Waals surface area contributed by atoms with Crippen molar-refractivity contribution in [2.24, 2.45) is 5.92 Å². The molecule has 96 valence electrons. The third-order valence-corrected chi connectivity index (χ3v) is 5.13. The fourth-order valence-corrected chi connectivity index (χ4v) is 4.10. The van der Waals surface area contributed by atoms with Gasteiger partial charge in [-0.25, -0.2) is 0 Å². The molecule has 3 rings (SSSR count). The van der Waals surface area contributed by atoms with Gasteiger partial charge in [0.25, 0.3) is 0 Å². The van der Waals surface area contributed by atoms with Gasteiger partial charge in [0, 0.05) is 33.8 Å². The highest BCUT2D eigenvalue weighted by Gasteiger charge is 2.39. The summed E-state index contributed by atoms with van der Waals surface area (Å²) in [6.07, 6.45) is 2.09. The molecule has 0 radical (unpaired) electrons. The maximum absolute atomic E-state index is 12.2. The minimum Gasteiger partial charge on any atom is -0.325 e. The molecule has 1 aromatic rings. The number of halogens is 2. The zero-order valence-corrected chi connectivity index (χ0v) is 12.1. The Balaban J connectivity index is 1.87. The van der Waals surface area contributed by atoms with Crippen molar-refractivity contribution in [3.63, 3.8) is 0 Å². The van der Waals surface area contributed by atoms with Crippen LogP contribution in [0.4, 0.5) is 0 Å². The molecule has 1 aliphatic heterocycles. The average molecular weight is 302 g/mol. The molecule has 2 aliphatic rings. The SMILES string of the molecule is O=C(C1CC1)N1CCS[C@H]1c1ccc(Cl)cc1Cl. The molecule has 1 atom stereocenters. The fourth-order valence-electron chi connectivity index (χ4n) is 2.22. The van der Waals surface area contributed by atoms with Crippen molar-refractivity contribution >= 4 is 40.9 Å². The predicted octanol–water partition coefficient (Wildman–Crippen LogP) is 3.98. The number of hydrogen-bond donors (Lipinski definition) is 0. The Hall–Kier alpha value is -0.380. The van der Waals surface area contributed by atoms with E-state index in [4.69, 9.17) is 23.2 Å². The predicted molar refractivity (Wildman–Crippen MR) is 76.1 cm³/mol. The monoisotopic (exact) mass is 301 g/mol. The van der Waals surface area contributed by atoms with Crippen LogP contribution in [0, 0.1) is 5.92 Å². The van der Waals surface area contributed by atoms with E-state index in [1.165, 1.54) is 0 Å². The molecule has 18 heavy (non-hydrogen) atoms. The summed E-state index contributed by atoms with van der Waals surface area (Å²) >= 11 is 13.9. The van der Waals surface area contributed by atoms with E-state index in [2.05, 4.69) is 0 Å². The zero-order valence-electron chi connectivity index (χ0n) is 9.73. The molecular weight excluding hydrogens is 289 g/mol. The van der Waals surface area contributed by atoms with Crippen LogP contribution in [0.5, 0.6) is 0 Å². The Morgan fingerprint density at radius 1 is 1.33 bits per heavy atom. The van der Waals surface area contributed by atoms with Gasteiger partial charge in [0.05, 0.1) is 0 Å². The molecular formula is C13H13Cl2NOS. The fraction of sp³-hybridized carbons (Fsp3) is 0.462. The van der Waals surface area contributed by atoms with Gasteiger partial charge in [-0.1, -0.05) is 29.3 Å². The van der Waals surface area contributed by atoms with Crippen LogP contribution >= 0.6 is 35.0 Å². The van der Waals surface area contributed by atoms with Gasteiger partial charge in [0.2, 0.25) is 5.91 Å². The molecule has 1 amide bonds. The van der Waals surface area contributed by atoms with Crippen molar-refractivity contribution in [1.29, 1.82) is 0 Å². The second kappa shape index (κ2) is 4.95. The highest BCUT2D eigenvalue weighted by Crippen LogP contribution is 2.44. The topological polar surface area (TPSA) is 20.3 Å². The van der Waals surface area contributed by atoms with E-state index < -0.39 is 0 Å². The van der Waals surface area contributed by atoms with Crippen LogP contribution in [0.15, 0.2) is 18.2 Å². The minimum absolute atomic E-state index is 0.0582. The number of nitrogens with zero attached hydrogens (tertiary/aromatic N) is 1. The molecule has 0 bridgehead atoms. The zero-order chi connectivity index (χ0) is 12.7. The molecule has 0 N–H and O–H groups in total. The van der Waals surface area contributed by atoms with Gasteiger partial charge < -0.3 is 4.90 Å². The smallest absolute Gasteiger partial charge is 0.226 e.